The van der Waals surface area contributed by atoms with Crippen LogP contribution in [0.3, 0.4) is 0 Å². The minimum atomic E-state index is -7.24. The molecule has 0 aromatic heterocycles. The number of hydrogen-bond acceptors (Lipinski definition) is 1. The van der Waals surface area contributed by atoms with Crippen LogP contribution in [0.2, 0.25) is 0 Å². The van der Waals surface area contributed by atoms with E-state index >= 15 is 0 Å². The molecule has 0 N–H and O–H groups in total. The number of halogens is 14. The molecule has 0 amide bonds. The van der Waals surface area contributed by atoms with Gasteiger partial charge in [0.1, 0.15) is 0 Å². The lowest BCUT2D eigenvalue weighted by molar-refractivity contribution is -0.496. The van der Waals surface area contributed by atoms with E-state index in [0.717, 1.165) is 0 Å². The summed E-state index contributed by atoms with van der Waals surface area (Å²) in [6, 6.07) is 0. The zero-order valence-corrected chi connectivity index (χ0v) is 10.9. The second kappa shape index (κ2) is 5.16. The first-order valence-corrected chi connectivity index (χ1v) is 5.13. The van der Waals surface area contributed by atoms with Crippen LogP contribution in [0.25, 0.3) is 0 Å². The van der Waals surface area contributed by atoms with Crippen molar-refractivity contribution in [1.29, 1.82) is 0 Å². The van der Waals surface area contributed by atoms with Gasteiger partial charge in [0.25, 0.3) is 0 Å². The number of alkyl halides is 14. The van der Waals surface area contributed by atoms with Crippen LogP contribution in [0.4, 0.5) is 57.1 Å². The highest BCUT2D eigenvalue weighted by atomic mass is 127. The Morgan fingerprint density at radius 2 is 0.810 bits per heavy atom. The van der Waals surface area contributed by atoms with Gasteiger partial charge in [0, 0.05) is 0 Å². The minimum Gasteiger partial charge on any atom is -0.264 e. The highest BCUT2D eigenvalue weighted by Gasteiger charge is 2.82. The first-order valence-electron chi connectivity index (χ1n) is 4.05. The van der Waals surface area contributed by atoms with Gasteiger partial charge < -0.3 is 0 Å². The van der Waals surface area contributed by atoms with Crippen molar-refractivity contribution in [3.8, 4) is 0 Å². The Morgan fingerprint density at radius 1 is 0.524 bits per heavy atom. The second-order valence-corrected chi connectivity index (χ2v) is 4.77. The van der Waals surface area contributed by atoms with E-state index in [0.29, 0.717) is 0 Å². The molecule has 15 heteroatoms. The van der Waals surface area contributed by atoms with E-state index in [9.17, 15) is 57.1 Å². The van der Waals surface area contributed by atoms with Crippen LogP contribution in [-0.2, 0) is 4.74 Å². The maximum Gasteiger partial charge on any atom is 0.458 e. The molecule has 1 nitrogen and oxygen atoms in total. The summed E-state index contributed by atoms with van der Waals surface area (Å²) in [6.45, 7) is 0. The van der Waals surface area contributed by atoms with Crippen molar-refractivity contribution < 1.29 is 61.8 Å². The molecule has 0 saturated carbocycles. The van der Waals surface area contributed by atoms with E-state index in [4.69, 9.17) is 0 Å². The third-order valence-corrected chi connectivity index (χ3v) is 2.96. The van der Waals surface area contributed by atoms with Crippen LogP contribution < -0.4 is 0 Å². The van der Waals surface area contributed by atoms with Crippen LogP contribution in [0.5, 0.6) is 0 Å². The minimum absolute atomic E-state index is 0.846. The zero-order valence-electron chi connectivity index (χ0n) is 8.70. The van der Waals surface area contributed by atoms with Gasteiger partial charge >= 0.3 is 34.2 Å². The second-order valence-electron chi connectivity index (χ2n) is 3.28. The molecule has 0 radical (unpaired) electrons. The third kappa shape index (κ3) is 3.58. The van der Waals surface area contributed by atoms with Crippen LogP contribution in [0.15, 0.2) is 0 Å². The van der Waals surface area contributed by atoms with Gasteiger partial charge in [-0.3, -0.25) is 4.74 Å². The first kappa shape index (κ1) is 20.8. The molecule has 0 aliphatic carbocycles. The van der Waals surface area contributed by atoms with Crippen LogP contribution in [0.1, 0.15) is 0 Å². The predicted octanol–water partition coefficient (Wildman–Crippen LogP) is 5.05. The van der Waals surface area contributed by atoms with Crippen molar-refractivity contribution in [3.63, 3.8) is 0 Å². The molecule has 0 rings (SSSR count). The van der Waals surface area contributed by atoms with Gasteiger partial charge in [-0.05, 0) is 22.6 Å². The van der Waals surface area contributed by atoms with Gasteiger partial charge in [0.15, 0.2) is 0 Å². The number of hydrogen-bond donors (Lipinski definition) is 0. The fraction of sp³-hybridized carbons (Fsp3) is 1.00. The standard InChI is InChI=1S/C6F13IO/c7-1(20,3(9,10)11)6(18,19)21-2(8,4(12,13)14)5(15,16)17. The van der Waals surface area contributed by atoms with Crippen LogP contribution >= 0.6 is 22.6 Å². The molecule has 0 heterocycles. The van der Waals surface area contributed by atoms with Crippen molar-refractivity contribution in [2.45, 2.75) is 34.2 Å². The van der Waals surface area contributed by atoms with Gasteiger partial charge in [0.05, 0.1) is 0 Å². The molecule has 128 valence electrons. The maximum atomic E-state index is 12.8. The zero-order chi connectivity index (χ0) is 17.7. The van der Waals surface area contributed by atoms with E-state index in [1.165, 1.54) is 0 Å². The van der Waals surface area contributed by atoms with E-state index in [1.807, 2.05) is 0 Å². The smallest absolute Gasteiger partial charge is 0.264 e. The Balaban J connectivity index is 5.89. The van der Waals surface area contributed by atoms with Gasteiger partial charge in [0.2, 0.25) is 0 Å². The van der Waals surface area contributed by atoms with E-state index in [1.54, 1.807) is 4.74 Å². The quantitative estimate of drug-likeness (QED) is 0.325. The molecule has 0 aromatic rings. The molecule has 0 aliphatic heterocycles. The molecule has 0 bridgehead atoms. The van der Waals surface area contributed by atoms with Crippen LogP contribution in [-0.4, -0.2) is 34.2 Å². The lowest BCUT2D eigenvalue weighted by Crippen LogP contribution is -2.63. The molecule has 0 spiro atoms. The van der Waals surface area contributed by atoms with Crippen molar-refractivity contribution in [1.82, 2.24) is 0 Å². The molecule has 0 aromatic carbocycles. The molecule has 1 unspecified atom stereocenters. The maximum absolute atomic E-state index is 12.8. The molecule has 0 fully saturated rings. The van der Waals surface area contributed by atoms with E-state index in [-0.39, 0.29) is 0 Å². The topological polar surface area (TPSA) is 9.23 Å². The van der Waals surface area contributed by atoms with E-state index in [2.05, 4.69) is 0 Å². The molecular weight excluding hydrogens is 462 g/mol. The van der Waals surface area contributed by atoms with E-state index < -0.39 is 56.8 Å². The lowest BCUT2D eigenvalue weighted by Gasteiger charge is -2.36. The van der Waals surface area contributed by atoms with Crippen molar-refractivity contribution in [3.05, 3.63) is 0 Å². The Morgan fingerprint density at radius 3 is 1.00 bits per heavy atom. The SMILES string of the molecule is FC(F)(F)C(F)(I)C(F)(F)OC(F)(C(F)(F)F)C(F)(F)F. The highest BCUT2D eigenvalue weighted by molar-refractivity contribution is 14.1. The summed E-state index contributed by atoms with van der Waals surface area (Å²) < 4.78 is 153. The Kier molecular flexibility index (Phi) is 5.10. The fourth-order valence-corrected chi connectivity index (χ4v) is 0.792. The average Bonchev–Trinajstić information content (AvgIpc) is 2.10. The summed E-state index contributed by atoms with van der Waals surface area (Å²) in [7, 11) is 0. The Hall–Kier alpha value is -0.220. The van der Waals surface area contributed by atoms with Crippen molar-refractivity contribution >= 4 is 22.6 Å². The number of rotatable bonds is 3. The normalized spacial score (nSPS) is 18.6. The van der Waals surface area contributed by atoms with Gasteiger partial charge in [-0.15, -0.1) is 0 Å². The van der Waals surface area contributed by atoms with Crippen molar-refractivity contribution in [2.24, 2.45) is 0 Å². The van der Waals surface area contributed by atoms with Crippen LogP contribution in [0, 0.1) is 0 Å². The lowest BCUT2D eigenvalue weighted by atomic mass is 10.2. The first-order chi connectivity index (χ1) is 8.71. The largest absolute Gasteiger partial charge is 0.458 e. The Bertz CT molecular complexity index is 362. The number of ether oxygens (including phenoxy) is 1. The summed E-state index contributed by atoms with van der Waals surface area (Å²) in [5.74, 6) is -7.21. The molecule has 21 heavy (non-hydrogen) atoms. The van der Waals surface area contributed by atoms with Gasteiger partial charge in [-0.2, -0.15) is 52.7 Å². The molecule has 0 aliphatic rings. The van der Waals surface area contributed by atoms with Gasteiger partial charge in [-0.1, -0.05) is 0 Å². The van der Waals surface area contributed by atoms with Crippen molar-refractivity contribution in [2.75, 3.05) is 0 Å². The summed E-state index contributed by atoms with van der Waals surface area (Å²) >= 11 is -0.846. The average molecular weight is 462 g/mol. The Labute approximate surface area is 119 Å². The monoisotopic (exact) mass is 462 g/mol. The molecular formula is C6F13IO. The summed E-state index contributed by atoms with van der Waals surface area (Å²) in [6.07, 6.45) is -28.0. The molecule has 0 saturated heterocycles. The summed E-state index contributed by atoms with van der Waals surface area (Å²) in [5, 5.41) is 0. The fourth-order valence-electron chi connectivity index (χ4n) is 0.682. The molecule has 1 atom stereocenters. The van der Waals surface area contributed by atoms with Gasteiger partial charge in [-0.25, -0.2) is 4.39 Å². The highest BCUT2D eigenvalue weighted by Crippen LogP contribution is 2.56. The summed E-state index contributed by atoms with van der Waals surface area (Å²) in [5.41, 5.74) is 0. The summed E-state index contributed by atoms with van der Waals surface area (Å²) in [4.78, 5) is 0. The predicted molar refractivity (Wildman–Crippen MR) is 45.9 cm³/mol. The third-order valence-electron chi connectivity index (χ3n) is 1.72.